The Hall–Kier alpha value is -1.23. The lowest BCUT2D eigenvalue weighted by Gasteiger charge is -2.18. The Morgan fingerprint density at radius 1 is 0.958 bits per heavy atom. The Labute approximate surface area is 153 Å². The van der Waals surface area contributed by atoms with Crippen LogP contribution >= 0.6 is 15.9 Å². The zero-order chi connectivity index (χ0) is 17.8. The number of carbonyl (C=O) groups is 1. The van der Waals surface area contributed by atoms with Crippen LogP contribution < -0.4 is 9.47 Å². The van der Waals surface area contributed by atoms with Crippen LogP contribution in [0.2, 0.25) is 0 Å². The lowest BCUT2D eigenvalue weighted by Crippen LogP contribution is -2.23. The van der Waals surface area contributed by atoms with Crippen molar-refractivity contribution >= 4 is 21.9 Å². The molecule has 0 amide bonds. The van der Waals surface area contributed by atoms with Crippen LogP contribution in [0.25, 0.3) is 0 Å². The third-order valence-corrected chi connectivity index (χ3v) is 4.47. The van der Waals surface area contributed by atoms with Gasteiger partial charge in [-0.05, 0) is 76.6 Å². The predicted molar refractivity (Wildman–Crippen MR) is 100 cm³/mol. The second kappa shape index (κ2) is 11.3. The standard InChI is InChI=1S/C19H29BrO4/c1-19(2,18(21)22)12-4-7-15-24-17-10-8-16(9-11-17)23-14-6-3-5-13-20/h8-11H,3-7,12-15H2,1-2H3,(H,21,22). The summed E-state index contributed by atoms with van der Waals surface area (Å²) in [6, 6.07) is 7.67. The number of ether oxygens (including phenoxy) is 2. The van der Waals surface area contributed by atoms with Crippen LogP contribution in [-0.2, 0) is 4.79 Å². The first-order valence-corrected chi connectivity index (χ1v) is 9.73. The van der Waals surface area contributed by atoms with Gasteiger partial charge in [-0.15, -0.1) is 0 Å². The highest BCUT2D eigenvalue weighted by Gasteiger charge is 2.25. The Bertz CT molecular complexity index is 471. The van der Waals surface area contributed by atoms with Crippen molar-refractivity contribution in [3.63, 3.8) is 0 Å². The number of alkyl halides is 1. The van der Waals surface area contributed by atoms with Crippen LogP contribution in [0.4, 0.5) is 0 Å². The molecule has 0 radical (unpaired) electrons. The van der Waals surface area contributed by atoms with Gasteiger partial charge in [0.2, 0.25) is 0 Å². The maximum atomic E-state index is 11.0. The van der Waals surface area contributed by atoms with E-state index in [2.05, 4.69) is 15.9 Å². The van der Waals surface area contributed by atoms with E-state index >= 15 is 0 Å². The number of aliphatic carboxylic acids is 1. The van der Waals surface area contributed by atoms with Crippen LogP contribution in [0, 0.1) is 5.41 Å². The van der Waals surface area contributed by atoms with Gasteiger partial charge in [0.1, 0.15) is 11.5 Å². The Morgan fingerprint density at radius 2 is 1.46 bits per heavy atom. The van der Waals surface area contributed by atoms with Crippen molar-refractivity contribution < 1.29 is 19.4 Å². The molecule has 24 heavy (non-hydrogen) atoms. The largest absolute Gasteiger partial charge is 0.494 e. The molecule has 1 rings (SSSR count). The monoisotopic (exact) mass is 400 g/mol. The van der Waals surface area contributed by atoms with Gasteiger partial charge in [0.05, 0.1) is 18.6 Å². The molecule has 0 unspecified atom stereocenters. The summed E-state index contributed by atoms with van der Waals surface area (Å²) in [6.45, 7) is 4.86. The summed E-state index contributed by atoms with van der Waals surface area (Å²) in [5, 5.41) is 10.1. The zero-order valence-electron chi connectivity index (χ0n) is 14.7. The molecule has 0 aliphatic rings. The highest BCUT2D eigenvalue weighted by molar-refractivity contribution is 9.09. The fourth-order valence-corrected chi connectivity index (χ4v) is 2.56. The average Bonchev–Trinajstić information content (AvgIpc) is 2.55. The van der Waals surface area contributed by atoms with Gasteiger partial charge >= 0.3 is 5.97 Å². The number of hydrogen-bond donors (Lipinski definition) is 1. The molecule has 0 aromatic heterocycles. The van der Waals surface area contributed by atoms with Gasteiger partial charge in [-0.2, -0.15) is 0 Å². The molecule has 4 nitrogen and oxygen atoms in total. The lowest BCUT2D eigenvalue weighted by molar-refractivity contribution is -0.147. The van der Waals surface area contributed by atoms with Gasteiger partial charge in [-0.1, -0.05) is 15.9 Å². The van der Waals surface area contributed by atoms with E-state index in [0.717, 1.165) is 42.7 Å². The van der Waals surface area contributed by atoms with E-state index in [0.29, 0.717) is 13.0 Å². The summed E-state index contributed by atoms with van der Waals surface area (Å²) in [5.74, 6) is 0.940. The van der Waals surface area contributed by atoms with Crippen molar-refractivity contribution in [3.05, 3.63) is 24.3 Å². The smallest absolute Gasteiger partial charge is 0.309 e. The van der Waals surface area contributed by atoms with E-state index in [4.69, 9.17) is 14.6 Å². The maximum absolute atomic E-state index is 11.0. The quantitative estimate of drug-likeness (QED) is 0.360. The van der Waals surface area contributed by atoms with E-state index in [1.807, 2.05) is 24.3 Å². The van der Waals surface area contributed by atoms with Crippen LogP contribution in [-0.4, -0.2) is 29.6 Å². The number of unbranched alkanes of at least 4 members (excludes halogenated alkanes) is 3. The predicted octanol–water partition coefficient (Wildman–Crippen LogP) is 5.29. The molecule has 0 spiro atoms. The SMILES string of the molecule is CC(C)(CCCCOc1ccc(OCCCCCBr)cc1)C(=O)O. The number of rotatable bonds is 13. The van der Waals surface area contributed by atoms with E-state index < -0.39 is 11.4 Å². The first-order valence-electron chi connectivity index (χ1n) is 8.61. The highest BCUT2D eigenvalue weighted by Crippen LogP contribution is 2.23. The van der Waals surface area contributed by atoms with Gasteiger partial charge in [0, 0.05) is 5.33 Å². The fourth-order valence-electron chi connectivity index (χ4n) is 2.16. The number of benzene rings is 1. The summed E-state index contributed by atoms with van der Waals surface area (Å²) in [6.07, 6.45) is 5.77. The third kappa shape index (κ3) is 8.57. The Kier molecular flexibility index (Phi) is 9.84. The summed E-state index contributed by atoms with van der Waals surface area (Å²) in [4.78, 5) is 11.0. The number of halogens is 1. The average molecular weight is 401 g/mol. The molecule has 1 aromatic rings. The van der Waals surface area contributed by atoms with Crippen molar-refractivity contribution in [1.82, 2.24) is 0 Å². The molecule has 0 heterocycles. The number of carboxylic acids is 1. The normalized spacial score (nSPS) is 11.3. The molecular formula is C19H29BrO4. The van der Waals surface area contributed by atoms with Crippen molar-refractivity contribution in [2.24, 2.45) is 5.41 Å². The van der Waals surface area contributed by atoms with Crippen molar-refractivity contribution in [2.75, 3.05) is 18.5 Å². The molecule has 0 atom stereocenters. The molecule has 0 aliphatic heterocycles. The van der Waals surface area contributed by atoms with Crippen molar-refractivity contribution in [2.45, 2.75) is 52.4 Å². The van der Waals surface area contributed by atoms with Gasteiger partial charge in [-0.3, -0.25) is 4.79 Å². The molecule has 5 heteroatoms. The summed E-state index contributed by atoms with van der Waals surface area (Å²) < 4.78 is 11.4. The van der Waals surface area contributed by atoms with E-state index in [1.165, 1.54) is 12.8 Å². The van der Waals surface area contributed by atoms with Crippen LogP contribution in [0.1, 0.15) is 52.4 Å². The minimum absolute atomic E-state index is 0.600. The van der Waals surface area contributed by atoms with Crippen molar-refractivity contribution in [3.8, 4) is 11.5 Å². The highest BCUT2D eigenvalue weighted by atomic mass is 79.9. The van der Waals surface area contributed by atoms with E-state index in [-0.39, 0.29) is 0 Å². The van der Waals surface area contributed by atoms with Gasteiger partial charge < -0.3 is 14.6 Å². The molecular weight excluding hydrogens is 372 g/mol. The molecule has 0 saturated carbocycles. The molecule has 0 bridgehead atoms. The molecule has 0 saturated heterocycles. The first kappa shape index (κ1) is 20.8. The lowest BCUT2D eigenvalue weighted by atomic mass is 9.87. The minimum Gasteiger partial charge on any atom is -0.494 e. The van der Waals surface area contributed by atoms with Crippen LogP contribution in [0.15, 0.2) is 24.3 Å². The van der Waals surface area contributed by atoms with Gasteiger partial charge in [0.25, 0.3) is 0 Å². The molecule has 0 aliphatic carbocycles. The summed E-state index contributed by atoms with van der Waals surface area (Å²) in [7, 11) is 0. The minimum atomic E-state index is -0.744. The molecule has 136 valence electrons. The fraction of sp³-hybridized carbons (Fsp3) is 0.632. The van der Waals surface area contributed by atoms with Crippen molar-refractivity contribution in [1.29, 1.82) is 0 Å². The number of hydrogen-bond acceptors (Lipinski definition) is 3. The third-order valence-electron chi connectivity index (χ3n) is 3.91. The zero-order valence-corrected chi connectivity index (χ0v) is 16.3. The topological polar surface area (TPSA) is 55.8 Å². The molecule has 0 fully saturated rings. The van der Waals surface area contributed by atoms with E-state index in [1.54, 1.807) is 13.8 Å². The summed E-state index contributed by atoms with van der Waals surface area (Å²) >= 11 is 3.42. The first-order chi connectivity index (χ1) is 11.5. The maximum Gasteiger partial charge on any atom is 0.309 e. The second-order valence-corrected chi connectivity index (χ2v) is 7.36. The van der Waals surface area contributed by atoms with Gasteiger partial charge in [0.15, 0.2) is 0 Å². The van der Waals surface area contributed by atoms with Crippen LogP contribution in [0.3, 0.4) is 0 Å². The van der Waals surface area contributed by atoms with Gasteiger partial charge in [-0.25, -0.2) is 0 Å². The molecule has 1 N–H and O–H groups in total. The van der Waals surface area contributed by atoms with E-state index in [9.17, 15) is 4.79 Å². The molecule has 1 aromatic carbocycles. The van der Waals surface area contributed by atoms with Crippen LogP contribution in [0.5, 0.6) is 11.5 Å². The number of carboxylic acid groups (broad SMARTS) is 1. The Morgan fingerprint density at radius 3 is 1.92 bits per heavy atom. The Balaban J connectivity index is 2.17. The second-order valence-electron chi connectivity index (χ2n) is 6.56. The summed E-state index contributed by atoms with van der Waals surface area (Å²) in [5.41, 5.74) is -0.659.